The van der Waals surface area contributed by atoms with E-state index in [2.05, 4.69) is 11.9 Å². The van der Waals surface area contributed by atoms with Crippen LogP contribution in [0.4, 0.5) is 0 Å². The molecule has 1 unspecified atom stereocenters. The van der Waals surface area contributed by atoms with Gasteiger partial charge in [0.05, 0.1) is 0 Å². The van der Waals surface area contributed by atoms with E-state index in [0.29, 0.717) is 5.17 Å². The number of rotatable bonds is 3. The third kappa shape index (κ3) is 3.12. The van der Waals surface area contributed by atoms with Crippen LogP contribution >= 0.6 is 11.8 Å². The zero-order chi connectivity index (χ0) is 8.10. The topological polar surface area (TPSA) is 47.6 Å². The predicted molar refractivity (Wildman–Crippen MR) is 48.7 cm³/mol. The quantitative estimate of drug-likeness (QED) is 0.699. The van der Waals surface area contributed by atoms with Crippen LogP contribution in [0.1, 0.15) is 19.8 Å². The van der Waals surface area contributed by atoms with Crippen molar-refractivity contribution in [1.29, 1.82) is 0 Å². The smallest absolute Gasteiger partial charge is 0.156 e. The Morgan fingerprint density at radius 2 is 2.64 bits per heavy atom. The highest BCUT2D eigenvalue weighted by atomic mass is 32.2. The summed E-state index contributed by atoms with van der Waals surface area (Å²) in [6.45, 7) is 2.87. The molecule has 1 aliphatic rings. The monoisotopic (exact) mass is 174 g/mol. The summed E-state index contributed by atoms with van der Waals surface area (Å²) in [7, 11) is 0. The molecule has 1 atom stereocenters. The van der Waals surface area contributed by atoms with Gasteiger partial charge in [0.2, 0.25) is 0 Å². The van der Waals surface area contributed by atoms with Gasteiger partial charge >= 0.3 is 0 Å². The largest absolute Gasteiger partial charge is 0.378 e. The molecule has 0 saturated carbocycles. The summed E-state index contributed by atoms with van der Waals surface area (Å²) in [4.78, 5) is 4.15. The summed E-state index contributed by atoms with van der Waals surface area (Å²) in [5, 5.41) is 0.664. The number of thioether (sulfide) groups is 1. The maximum atomic E-state index is 5.53. The minimum Gasteiger partial charge on any atom is -0.378 e. The first-order valence-corrected chi connectivity index (χ1v) is 4.89. The SMILES string of the molecule is CCCOC1CCSC(N)=N1. The van der Waals surface area contributed by atoms with Crippen molar-refractivity contribution in [1.82, 2.24) is 0 Å². The van der Waals surface area contributed by atoms with E-state index in [1.54, 1.807) is 11.8 Å². The van der Waals surface area contributed by atoms with Gasteiger partial charge < -0.3 is 10.5 Å². The first kappa shape index (κ1) is 8.87. The van der Waals surface area contributed by atoms with Crippen LogP contribution in [0.3, 0.4) is 0 Å². The molecule has 2 N–H and O–H groups in total. The van der Waals surface area contributed by atoms with Gasteiger partial charge in [-0.15, -0.1) is 0 Å². The number of ether oxygens (including phenoxy) is 1. The summed E-state index contributed by atoms with van der Waals surface area (Å²) in [6.07, 6.45) is 2.06. The molecular weight excluding hydrogens is 160 g/mol. The minimum atomic E-state index is 0.0243. The lowest BCUT2D eigenvalue weighted by Gasteiger charge is -2.17. The van der Waals surface area contributed by atoms with E-state index < -0.39 is 0 Å². The zero-order valence-corrected chi connectivity index (χ0v) is 7.56. The highest BCUT2D eigenvalue weighted by Crippen LogP contribution is 2.15. The van der Waals surface area contributed by atoms with Crippen molar-refractivity contribution in [3.8, 4) is 0 Å². The summed E-state index contributed by atoms with van der Waals surface area (Å²) in [6, 6.07) is 0. The fourth-order valence-corrected chi connectivity index (χ4v) is 1.60. The molecule has 0 saturated heterocycles. The Labute approximate surface area is 71.4 Å². The number of aliphatic imine (C=N–C) groups is 1. The summed E-state index contributed by atoms with van der Waals surface area (Å²) in [5.74, 6) is 1.03. The van der Waals surface area contributed by atoms with Crippen LogP contribution in [0.5, 0.6) is 0 Å². The van der Waals surface area contributed by atoms with Gasteiger partial charge in [0, 0.05) is 18.8 Å². The van der Waals surface area contributed by atoms with Crippen molar-refractivity contribution in [3.63, 3.8) is 0 Å². The molecule has 3 nitrogen and oxygen atoms in total. The van der Waals surface area contributed by atoms with Gasteiger partial charge in [0.1, 0.15) is 0 Å². The Kier molecular flexibility index (Phi) is 3.72. The molecule has 1 aliphatic heterocycles. The van der Waals surface area contributed by atoms with Crippen LogP contribution < -0.4 is 5.73 Å². The van der Waals surface area contributed by atoms with Crippen LogP contribution in [0.15, 0.2) is 4.99 Å². The third-order valence-corrected chi connectivity index (χ3v) is 2.24. The van der Waals surface area contributed by atoms with E-state index >= 15 is 0 Å². The van der Waals surface area contributed by atoms with Crippen LogP contribution in [-0.4, -0.2) is 23.8 Å². The van der Waals surface area contributed by atoms with Crippen LogP contribution in [0.2, 0.25) is 0 Å². The summed E-state index contributed by atoms with van der Waals surface area (Å²) in [5.41, 5.74) is 5.53. The van der Waals surface area contributed by atoms with Crippen molar-refractivity contribution in [2.45, 2.75) is 26.0 Å². The molecule has 0 aromatic rings. The van der Waals surface area contributed by atoms with Crippen LogP contribution in [-0.2, 0) is 4.74 Å². The van der Waals surface area contributed by atoms with Gasteiger partial charge in [-0.3, -0.25) is 0 Å². The first-order valence-electron chi connectivity index (χ1n) is 3.90. The highest BCUT2D eigenvalue weighted by Gasteiger charge is 2.12. The second-order valence-electron chi connectivity index (χ2n) is 2.43. The average Bonchev–Trinajstić information content (AvgIpc) is 2.01. The third-order valence-electron chi connectivity index (χ3n) is 1.40. The standard InChI is InChI=1S/C7H14N2OS/c1-2-4-10-6-3-5-11-7(8)9-6/h6H,2-5H2,1H3,(H2,8,9). The molecule has 0 spiro atoms. The van der Waals surface area contributed by atoms with E-state index in [-0.39, 0.29) is 6.23 Å². The van der Waals surface area contributed by atoms with Crippen LogP contribution in [0.25, 0.3) is 0 Å². The molecule has 0 aromatic heterocycles. The Morgan fingerprint density at radius 3 is 3.27 bits per heavy atom. The minimum absolute atomic E-state index is 0.0243. The fraction of sp³-hybridized carbons (Fsp3) is 0.857. The number of nitrogens with zero attached hydrogens (tertiary/aromatic N) is 1. The molecule has 1 rings (SSSR count). The number of nitrogens with two attached hydrogens (primary N) is 1. The normalized spacial score (nSPS) is 24.8. The second kappa shape index (κ2) is 4.62. The summed E-state index contributed by atoms with van der Waals surface area (Å²) < 4.78 is 5.42. The lowest BCUT2D eigenvalue weighted by molar-refractivity contribution is 0.0579. The molecule has 64 valence electrons. The van der Waals surface area contributed by atoms with Crippen molar-refractivity contribution >= 4 is 16.9 Å². The van der Waals surface area contributed by atoms with Gasteiger partial charge in [0.25, 0.3) is 0 Å². The molecule has 0 aliphatic carbocycles. The van der Waals surface area contributed by atoms with Crippen LogP contribution in [0, 0.1) is 0 Å². The van der Waals surface area contributed by atoms with E-state index in [1.807, 2.05) is 0 Å². The lowest BCUT2D eigenvalue weighted by atomic mass is 10.4. The molecule has 0 amide bonds. The van der Waals surface area contributed by atoms with Crippen molar-refractivity contribution in [2.75, 3.05) is 12.4 Å². The maximum Gasteiger partial charge on any atom is 0.156 e. The Morgan fingerprint density at radius 1 is 1.82 bits per heavy atom. The van der Waals surface area contributed by atoms with E-state index in [0.717, 1.165) is 25.2 Å². The van der Waals surface area contributed by atoms with E-state index in [4.69, 9.17) is 10.5 Å². The highest BCUT2D eigenvalue weighted by molar-refractivity contribution is 8.13. The molecule has 0 fully saturated rings. The molecule has 1 heterocycles. The molecule has 4 heteroatoms. The molecule has 11 heavy (non-hydrogen) atoms. The number of hydrogen-bond acceptors (Lipinski definition) is 4. The summed E-state index contributed by atoms with van der Waals surface area (Å²) >= 11 is 1.60. The van der Waals surface area contributed by atoms with Gasteiger partial charge in [-0.2, -0.15) is 0 Å². The average molecular weight is 174 g/mol. The van der Waals surface area contributed by atoms with Crippen molar-refractivity contribution in [2.24, 2.45) is 10.7 Å². The predicted octanol–water partition coefficient (Wildman–Crippen LogP) is 1.19. The molecule has 0 bridgehead atoms. The number of hydrogen-bond donors (Lipinski definition) is 1. The lowest BCUT2D eigenvalue weighted by Crippen LogP contribution is -2.22. The Bertz CT molecular complexity index is 149. The van der Waals surface area contributed by atoms with Gasteiger partial charge in [-0.1, -0.05) is 18.7 Å². The maximum absolute atomic E-state index is 5.53. The Balaban J connectivity index is 2.28. The van der Waals surface area contributed by atoms with E-state index in [1.165, 1.54) is 0 Å². The van der Waals surface area contributed by atoms with Crippen molar-refractivity contribution in [3.05, 3.63) is 0 Å². The molecular formula is C7H14N2OS. The van der Waals surface area contributed by atoms with E-state index in [9.17, 15) is 0 Å². The van der Waals surface area contributed by atoms with Gasteiger partial charge in [-0.05, 0) is 6.42 Å². The molecule has 0 aromatic carbocycles. The second-order valence-corrected chi connectivity index (χ2v) is 3.55. The van der Waals surface area contributed by atoms with Gasteiger partial charge in [-0.25, -0.2) is 4.99 Å². The fourth-order valence-electron chi connectivity index (χ4n) is 0.883. The van der Waals surface area contributed by atoms with Crippen molar-refractivity contribution < 1.29 is 4.74 Å². The zero-order valence-electron chi connectivity index (χ0n) is 6.75. The molecule has 0 radical (unpaired) electrons. The van der Waals surface area contributed by atoms with Gasteiger partial charge in [0.15, 0.2) is 11.4 Å². The Hall–Kier alpha value is -0.220. The number of amidine groups is 1. The first-order chi connectivity index (χ1) is 5.33.